The standard InChI is InChI=1S/C19H23N3O3/c1-13-10-17(24)18(21-22(13)15-7-3-2-4-8-15)19(25)20-12-14-6-5-9-16(23)11-14/h2-4,7-8,10,14,16,23H,5-6,9,11-12H2,1H3,(H,20,25). The minimum Gasteiger partial charge on any atom is -0.393 e. The predicted molar refractivity (Wildman–Crippen MR) is 94.9 cm³/mol. The predicted octanol–water partition coefficient (Wildman–Crippen LogP) is 1.82. The van der Waals surface area contributed by atoms with Crippen LogP contribution in [0.1, 0.15) is 41.9 Å². The minimum atomic E-state index is -0.463. The molecule has 0 bridgehead atoms. The van der Waals surface area contributed by atoms with Crippen molar-refractivity contribution in [1.82, 2.24) is 15.1 Å². The Morgan fingerprint density at radius 1 is 1.32 bits per heavy atom. The molecule has 1 aromatic heterocycles. The summed E-state index contributed by atoms with van der Waals surface area (Å²) in [4.78, 5) is 24.6. The van der Waals surface area contributed by atoms with Gasteiger partial charge in [0.25, 0.3) is 5.91 Å². The molecule has 1 heterocycles. The van der Waals surface area contributed by atoms with Gasteiger partial charge in [0.1, 0.15) is 0 Å². The Hall–Kier alpha value is -2.47. The number of para-hydroxylation sites is 1. The molecule has 2 unspecified atom stereocenters. The van der Waals surface area contributed by atoms with Crippen molar-refractivity contribution in [1.29, 1.82) is 0 Å². The molecule has 1 aliphatic carbocycles. The van der Waals surface area contributed by atoms with E-state index in [0.29, 0.717) is 18.7 Å². The van der Waals surface area contributed by atoms with Gasteiger partial charge >= 0.3 is 0 Å². The number of nitrogens with zero attached hydrogens (tertiary/aromatic N) is 2. The van der Waals surface area contributed by atoms with Gasteiger partial charge in [-0.3, -0.25) is 9.59 Å². The number of rotatable bonds is 4. The topological polar surface area (TPSA) is 84.2 Å². The summed E-state index contributed by atoms with van der Waals surface area (Å²) in [7, 11) is 0. The fourth-order valence-electron chi connectivity index (χ4n) is 3.30. The average molecular weight is 341 g/mol. The Morgan fingerprint density at radius 3 is 2.80 bits per heavy atom. The van der Waals surface area contributed by atoms with E-state index in [1.165, 1.54) is 6.07 Å². The van der Waals surface area contributed by atoms with Crippen molar-refractivity contribution < 1.29 is 9.90 Å². The smallest absolute Gasteiger partial charge is 0.275 e. The van der Waals surface area contributed by atoms with Crippen molar-refractivity contribution in [3.05, 3.63) is 58.0 Å². The van der Waals surface area contributed by atoms with Gasteiger partial charge in [-0.1, -0.05) is 24.6 Å². The number of amides is 1. The van der Waals surface area contributed by atoms with E-state index in [-0.39, 0.29) is 23.1 Å². The van der Waals surface area contributed by atoms with Crippen LogP contribution in [0.4, 0.5) is 0 Å². The summed E-state index contributed by atoms with van der Waals surface area (Å²) >= 11 is 0. The van der Waals surface area contributed by atoms with Crippen molar-refractivity contribution in [3.8, 4) is 5.69 Å². The highest BCUT2D eigenvalue weighted by atomic mass is 16.3. The zero-order chi connectivity index (χ0) is 17.8. The van der Waals surface area contributed by atoms with E-state index in [1.807, 2.05) is 30.3 Å². The van der Waals surface area contributed by atoms with Crippen molar-refractivity contribution in [2.45, 2.75) is 38.7 Å². The molecule has 132 valence electrons. The second-order valence-corrected chi connectivity index (χ2v) is 6.64. The number of benzene rings is 1. The zero-order valence-corrected chi connectivity index (χ0v) is 14.3. The van der Waals surface area contributed by atoms with E-state index in [2.05, 4.69) is 10.4 Å². The fourth-order valence-corrected chi connectivity index (χ4v) is 3.30. The maximum Gasteiger partial charge on any atom is 0.275 e. The highest BCUT2D eigenvalue weighted by molar-refractivity contribution is 5.92. The monoisotopic (exact) mass is 341 g/mol. The van der Waals surface area contributed by atoms with Crippen LogP contribution < -0.4 is 10.7 Å². The first-order valence-electron chi connectivity index (χ1n) is 8.67. The highest BCUT2D eigenvalue weighted by Gasteiger charge is 2.22. The van der Waals surface area contributed by atoms with E-state index in [4.69, 9.17) is 0 Å². The van der Waals surface area contributed by atoms with Gasteiger partial charge in [0, 0.05) is 18.3 Å². The number of aliphatic hydroxyl groups is 1. The zero-order valence-electron chi connectivity index (χ0n) is 14.3. The Bertz CT molecular complexity index is 801. The maximum absolute atomic E-state index is 12.4. The lowest BCUT2D eigenvalue weighted by molar-refractivity contribution is 0.0868. The summed E-state index contributed by atoms with van der Waals surface area (Å²) in [5.74, 6) is -0.218. The summed E-state index contributed by atoms with van der Waals surface area (Å²) in [5, 5.41) is 16.8. The van der Waals surface area contributed by atoms with Crippen LogP contribution in [0.3, 0.4) is 0 Å². The molecule has 1 aromatic carbocycles. The second kappa shape index (κ2) is 7.61. The third-order valence-electron chi connectivity index (χ3n) is 4.63. The summed E-state index contributed by atoms with van der Waals surface area (Å²) in [5.41, 5.74) is 0.976. The van der Waals surface area contributed by atoms with Crippen molar-refractivity contribution >= 4 is 5.91 Å². The minimum absolute atomic E-state index is 0.106. The molecule has 0 radical (unpaired) electrons. The molecule has 3 rings (SSSR count). The molecule has 1 amide bonds. The van der Waals surface area contributed by atoms with Crippen LogP contribution in [0.2, 0.25) is 0 Å². The number of hydrogen-bond acceptors (Lipinski definition) is 4. The third kappa shape index (κ3) is 4.14. The molecule has 0 saturated heterocycles. The van der Waals surface area contributed by atoms with Gasteiger partial charge in [-0.2, -0.15) is 5.10 Å². The Kier molecular flexibility index (Phi) is 5.28. The number of nitrogens with one attached hydrogen (secondary N) is 1. The van der Waals surface area contributed by atoms with Gasteiger partial charge in [-0.05, 0) is 44.2 Å². The first-order chi connectivity index (χ1) is 12.0. The molecule has 2 atom stereocenters. The lowest BCUT2D eigenvalue weighted by Crippen LogP contribution is -2.36. The number of hydrogen-bond donors (Lipinski definition) is 2. The summed E-state index contributed by atoms with van der Waals surface area (Å²) in [6, 6.07) is 10.8. The lowest BCUT2D eigenvalue weighted by Gasteiger charge is -2.25. The summed E-state index contributed by atoms with van der Waals surface area (Å²) < 4.78 is 1.60. The van der Waals surface area contributed by atoms with Gasteiger partial charge in [-0.25, -0.2) is 4.68 Å². The van der Waals surface area contributed by atoms with Crippen molar-refractivity contribution in [2.24, 2.45) is 5.92 Å². The van der Waals surface area contributed by atoms with Crippen LogP contribution in [-0.2, 0) is 0 Å². The van der Waals surface area contributed by atoms with Crippen LogP contribution in [0.15, 0.2) is 41.2 Å². The molecule has 25 heavy (non-hydrogen) atoms. The molecular weight excluding hydrogens is 318 g/mol. The average Bonchev–Trinajstić information content (AvgIpc) is 2.60. The normalized spacial score (nSPS) is 20.2. The number of aryl methyl sites for hydroxylation is 1. The van der Waals surface area contributed by atoms with E-state index in [1.54, 1.807) is 11.6 Å². The third-order valence-corrected chi connectivity index (χ3v) is 4.63. The number of carbonyl (C=O) groups is 1. The number of aromatic nitrogens is 2. The quantitative estimate of drug-likeness (QED) is 0.888. The molecule has 6 heteroatoms. The molecule has 2 N–H and O–H groups in total. The van der Waals surface area contributed by atoms with Gasteiger partial charge in [0.2, 0.25) is 5.43 Å². The van der Waals surface area contributed by atoms with Crippen molar-refractivity contribution in [2.75, 3.05) is 6.54 Å². The SMILES string of the molecule is Cc1cc(=O)c(C(=O)NCC2CCCC(O)C2)nn1-c1ccccc1. The van der Waals surface area contributed by atoms with Crippen LogP contribution in [0, 0.1) is 12.8 Å². The Morgan fingerprint density at radius 2 is 2.08 bits per heavy atom. The first-order valence-corrected chi connectivity index (χ1v) is 8.67. The molecule has 0 aliphatic heterocycles. The molecule has 1 fully saturated rings. The van der Waals surface area contributed by atoms with Gasteiger partial charge in [-0.15, -0.1) is 0 Å². The Balaban J connectivity index is 1.77. The molecule has 1 saturated carbocycles. The lowest BCUT2D eigenvalue weighted by atomic mass is 9.87. The van der Waals surface area contributed by atoms with Crippen LogP contribution >= 0.6 is 0 Å². The molecule has 2 aromatic rings. The molecule has 0 spiro atoms. The van der Waals surface area contributed by atoms with Crippen LogP contribution in [0.5, 0.6) is 0 Å². The van der Waals surface area contributed by atoms with E-state index >= 15 is 0 Å². The summed E-state index contributed by atoms with van der Waals surface area (Å²) in [6.45, 7) is 2.24. The Labute approximate surface area is 146 Å². The van der Waals surface area contributed by atoms with Gasteiger partial charge in [0.15, 0.2) is 5.69 Å². The largest absolute Gasteiger partial charge is 0.393 e. The molecule has 6 nitrogen and oxygen atoms in total. The van der Waals surface area contributed by atoms with Gasteiger partial charge in [0.05, 0.1) is 11.8 Å². The van der Waals surface area contributed by atoms with Crippen LogP contribution in [0.25, 0.3) is 5.69 Å². The second-order valence-electron chi connectivity index (χ2n) is 6.64. The highest BCUT2D eigenvalue weighted by Crippen LogP contribution is 2.23. The van der Waals surface area contributed by atoms with E-state index in [0.717, 1.165) is 24.9 Å². The first kappa shape index (κ1) is 17.4. The number of carbonyl (C=O) groups excluding carboxylic acids is 1. The summed E-state index contributed by atoms with van der Waals surface area (Å²) in [6.07, 6.45) is 3.17. The van der Waals surface area contributed by atoms with E-state index in [9.17, 15) is 14.7 Å². The molecule has 1 aliphatic rings. The van der Waals surface area contributed by atoms with Crippen molar-refractivity contribution in [3.63, 3.8) is 0 Å². The maximum atomic E-state index is 12.4. The number of aliphatic hydroxyl groups excluding tert-OH is 1. The van der Waals surface area contributed by atoms with E-state index < -0.39 is 5.91 Å². The van der Waals surface area contributed by atoms with Crippen LogP contribution in [-0.4, -0.2) is 33.4 Å². The van der Waals surface area contributed by atoms with Gasteiger partial charge < -0.3 is 10.4 Å². The fraction of sp³-hybridized carbons (Fsp3) is 0.421. The molecular formula is C19H23N3O3.